The van der Waals surface area contributed by atoms with Crippen molar-refractivity contribution in [2.24, 2.45) is 18.0 Å². The lowest BCUT2D eigenvalue weighted by Crippen LogP contribution is -2.47. The van der Waals surface area contributed by atoms with Crippen molar-refractivity contribution in [2.75, 3.05) is 26.7 Å². The van der Waals surface area contributed by atoms with Crippen molar-refractivity contribution in [3.8, 4) is 0 Å². The second-order valence-electron chi connectivity index (χ2n) is 6.59. The number of nitrogens with one attached hydrogen (secondary N) is 1. The number of aromatic nitrogens is 3. The predicted molar refractivity (Wildman–Crippen MR) is 105 cm³/mol. The summed E-state index contributed by atoms with van der Waals surface area (Å²) in [7, 11) is 3.82. The highest BCUT2D eigenvalue weighted by Gasteiger charge is 2.26. The third kappa shape index (κ3) is 5.05. The van der Waals surface area contributed by atoms with Gasteiger partial charge in [0.15, 0.2) is 11.8 Å². The van der Waals surface area contributed by atoms with E-state index in [4.69, 9.17) is 4.74 Å². The topological polar surface area (TPSA) is 67.6 Å². The first-order valence-electron chi connectivity index (χ1n) is 8.59. The van der Waals surface area contributed by atoms with E-state index in [0.717, 1.165) is 56.1 Å². The van der Waals surface area contributed by atoms with Crippen molar-refractivity contribution in [3.63, 3.8) is 0 Å². The molecule has 7 nitrogen and oxygen atoms in total. The highest BCUT2D eigenvalue weighted by atomic mass is 127. The van der Waals surface area contributed by atoms with Gasteiger partial charge in [-0.05, 0) is 38.5 Å². The third-order valence-corrected chi connectivity index (χ3v) is 4.81. The lowest BCUT2D eigenvalue weighted by atomic mass is 10.1. The fraction of sp³-hybridized carbons (Fsp3) is 0.812. The Morgan fingerprint density at radius 2 is 1.96 bits per heavy atom. The quantitative estimate of drug-likeness (QED) is 0.422. The van der Waals surface area contributed by atoms with Gasteiger partial charge in [0.2, 0.25) is 0 Å². The van der Waals surface area contributed by atoms with Gasteiger partial charge in [-0.1, -0.05) is 0 Å². The molecule has 8 heteroatoms. The number of halogens is 1. The molecule has 1 aromatic heterocycles. The Hall–Kier alpha value is -0.900. The van der Waals surface area contributed by atoms with Gasteiger partial charge in [0.05, 0.1) is 12.6 Å². The smallest absolute Gasteiger partial charge is 0.194 e. The van der Waals surface area contributed by atoms with Crippen LogP contribution in [-0.2, 0) is 18.3 Å². The number of likely N-dealkylation sites (tertiary alicyclic amines) is 1. The van der Waals surface area contributed by atoms with Gasteiger partial charge < -0.3 is 19.5 Å². The zero-order chi connectivity index (χ0) is 16.2. The molecule has 0 bridgehead atoms. The number of aryl methyl sites for hydroxylation is 1. The Morgan fingerprint density at radius 1 is 1.25 bits per heavy atom. The summed E-state index contributed by atoms with van der Waals surface area (Å²) in [6.45, 7) is 5.54. The summed E-state index contributed by atoms with van der Waals surface area (Å²) < 4.78 is 8.01. The summed E-state index contributed by atoms with van der Waals surface area (Å²) >= 11 is 0. The van der Waals surface area contributed by atoms with Crippen LogP contribution in [0, 0.1) is 12.8 Å². The second kappa shape index (κ2) is 8.98. The van der Waals surface area contributed by atoms with Crippen LogP contribution in [0.15, 0.2) is 4.99 Å². The summed E-state index contributed by atoms with van der Waals surface area (Å²) in [5, 5.41) is 11.7. The van der Waals surface area contributed by atoms with Crippen LogP contribution >= 0.6 is 24.0 Å². The van der Waals surface area contributed by atoms with Gasteiger partial charge in [-0.25, -0.2) is 0 Å². The Bertz CT molecular complexity index is 549. The van der Waals surface area contributed by atoms with Crippen molar-refractivity contribution >= 4 is 29.9 Å². The van der Waals surface area contributed by atoms with E-state index < -0.39 is 0 Å². The Labute approximate surface area is 161 Å². The summed E-state index contributed by atoms with van der Waals surface area (Å²) in [6.07, 6.45) is 5.30. The zero-order valence-corrected chi connectivity index (χ0v) is 17.2. The normalized spacial score (nSPS) is 19.3. The Kier molecular flexibility index (Phi) is 7.27. The molecule has 0 unspecified atom stereocenters. The van der Waals surface area contributed by atoms with Crippen molar-refractivity contribution in [3.05, 3.63) is 11.6 Å². The van der Waals surface area contributed by atoms with E-state index in [1.54, 1.807) is 0 Å². The van der Waals surface area contributed by atoms with Crippen LogP contribution in [0.1, 0.15) is 37.3 Å². The van der Waals surface area contributed by atoms with E-state index in [0.29, 0.717) is 12.6 Å². The van der Waals surface area contributed by atoms with Gasteiger partial charge in [0, 0.05) is 33.8 Å². The number of nitrogens with zero attached hydrogens (tertiary/aromatic N) is 5. The SMILES string of the molecule is CN=C(NCc1nnc(C)n1C)N1CCC(OCC2CC2)CC1.I. The number of hydrogen-bond acceptors (Lipinski definition) is 4. The molecule has 1 aliphatic carbocycles. The van der Waals surface area contributed by atoms with Crippen molar-refractivity contribution in [1.82, 2.24) is 25.0 Å². The van der Waals surface area contributed by atoms with Crippen molar-refractivity contribution in [1.29, 1.82) is 0 Å². The predicted octanol–water partition coefficient (Wildman–Crippen LogP) is 1.71. The first-order chi connectivity index (χ1) is 11.2. The van der Waals surface area contributed by atoms with Crippen LogP contribution in [0.5, 0.6) is 0 Å². The molecule has 1 saturated heterocycles. The van der Waals surface area contributed by atoms with Gasteiger partial charge in [-0.15, -0.1) is 34.2 Å². The number of hydrogen-bond donors (Lipinski definition) is 1. The summed E-state index contributed by atoms with van der Waals surface area (Å²) in [5.74, 6) is 3.63. The molecule has 0 radical (unpaired) electrons. The fourth-order valence-corrected chi connectivity index (χ4v) is 2.89. The van der Waals surface area contributed by atoms with Crippen LogP contribution in [0.25, 0.3) is 0 Å². The largest absolute Gasteiger partial charge is 0.378 e. The molecule has 3 rings (SSSR count). The lowest BCUT2D eigenvalue weighted by Gasteiger charge is -2.34. The van der Waals surface area contributed by atoms with E-state index in [1.807, 2.05) is 25.6 Å². The molecule has 1 aliphatic heterocycles. The number of guanidine groups is 1. The number of aliphatic imine (C=N–C) groups is 1. The molecule has 1 aromatic rings. The average molecular weight is 448 g/mol. The van der Waals surface area contributed by atoms with Crippen LogP contribution in [-0.4, -0.2) is 58.5 Å². The third-order valence-electron chi connectivity index (χ3n) is 4.81. The average Bonchev–Trinajstić information content (AvgIpc) is 3.35. The van der Waals surface area contributed by atoms with E-state index in [-0.39, 0.29) is 24.0 Å². The van der Waals surface area contributed by atoms with E-state index in [2.05, 4.69) is 25.4 Å². The molecular weight excluding hydrogens is 419 g/mol. The maximum Gasteiger partial charge on any atom is 0.194 e. The maximum absolute atomic E-state index is 6.01. The summed E-state index contributed by atoms with van der Waals surface area (Å²) in [4.78, 5) is 6.71. The first-order valence-corrected chi connectivity index (χ1v) is 8.59. The molecule has 0 amide bonds. The molecular formula is C16H29IN6O. The molecule has 2 heterocycles. The van der Waals surface area contributed by atoms with Crippen LogP contribution < -0.4 is 5.32 Å². The molecule has 136 valence electrons. The zero-order valence-electron chi connectivity index (χ0n) is 14.9. The molecule has 0 aromatic carbocycles. The molecule has 0 atom stereocenters. The first kappa shape index (κ1) is 19.4. The molecule has 2 fully saturated rings. The van der Waals surface area contributed by atoms with E-state index in [9.17, 15) is 0 Å². The van der Waals surface area contributed by atoms with Gasteiger partial charge in [0.25, 0.3) is 0 Å². The minimum absolute atomic E-state index is 0. The number of piperidine rings is 1. The minimum Gasteiger partial charge on any atom is -0.378 e. The van der Waals surface area contributed by atoms with Gasteiger partial charge >= 0.3 is 0 Å². The lowest BCUT2D eigenvalue weighted by molar-refractivity contribution is 0.0131. The highest BCUT2D eigenvalue weighted by Crippen LogP contribution is 2.30. The van der Waals surface area contributed by atoms with Crippen LogP contribution in [0.2, 0.25) is 0 Å². The van der Waals surface area contributed by atoms with Gasteiger partial charge in [-0.2, -0.15) is 0 Å². The number of rotatable bonds is 5. The number of ether oxygens (including phenoxy) is 1. The molecule has 24 heavy (non-hydrogen) atoms. The molecule has 1 saturated carbocycles. The second-order valence-corrected chi connectivity index (χ2v) is 6.59. The molecule has 1 N–H and O–H groups in total. The van der Waals surface area contributed by atoms with Crippen LogP contribution in [0.4, 0.5) is 0 Å². The standard InChI is InChI=1S/C16H28N6O.HI/c1-12-19-20-15(21(12)3)10-18-16(17-2)22-8-6-14(7-9-22)23-11-13-4-5-13;/h13-14H,4-11H2,1-3H3,(H,17,18);1H. The van der Waals surface area contributed by atoms with E-state index >= 15 is 0 Å². The summed E-state index contributed by atoms with van der Waals surface area (Å²) in [5.41, 5.74) is 0. The van der Waals surface area contributed by atoms with Crippen LogP contribution in [0.3, 0.4) is 0 Å². The fourth-order valence-electron chi connectivity index (χ4n) is 2.89. The highest BCUT2D eigenvalue weighted by molar-refractivity contribution is 14.0. The maximum atomic E-state index is 6.01. The van der Waals surface area contributed by atoms with E-state index in [1.165, 1.54) is 12.8 Å². The molecule has 0 spiro atoms. The Morgan fingerprint density at radius 3 is 2.50 bits per heavy atom. The minimum atomic E-state index is 0. The summed E-state index contributed by atoms with van der Waals surface area (Å²) in [6, 6.07) is 0. The monoisotopic (exact) mass is 448 g/mol. The molecule has 2 aliphatic rings. The van der Waals surface area contributed by atoms with Crippen molar-refractivity contribution < 1.29 is 4.74 Å². The van der Waals surface area contributed by atoms with Gasteiger partial charge in [0.1, 0.15) is 5.82 Å². The van der Waals surface area contributed by atoms with Gasteiger partial charge in [-0.3, -0.25) is 4.99 Å². The Balaban J connectivity index is 0.00000208. The van der Waals surface area contributed by atoms with Crippen molar-refractivity contribution in [2.45, 2.75) is 45.3 Å².